The van der Waals surface area contributed by atoms with E-state index in [1.807, 2.05) is 24.7 Å². The Morgan fingerprint density at radius 1 is 1.42 bits per heavy atom. The van der Waals surface area contributed by atoms with E-state index >= 15 is 0 Å². The summed E-state index contributed by atoms with van der Waals surface area (Å²) >= 11 is 0. The van der Waals surface area contributed by atoms with Gasteiger partial charge in [-0.2, -0.15) is 5.10 Å². The fraction of sp³-hybridized carbons (Fsp3) is 0.500. The van der Waals surface area contributed by atoms with Crippen molar-refractivity contribution in [3.8, 4) is 0 Å². The number of carbonyl (C=O) groups excluding carboxylic acids is 2. The Labute approximate surface area is 140 Å². The van der Waals surface area contributed by atoms with Crippen LogP contribution in [0.15, 0.2) is 24.8 Å². The Bertz CT molecular complexity index is 749. The molecule has 1 aliphatic rings. The summed E-state index contributed by atoms with van der Waals surface area (Å²) in [5.74, 6) is 0.345. The predicted molar refractivity (Wildman–Crippen MR) is 87.9 cm³/mol. The molecular weight excluding hydrogens is 308 g/mol. The molecule has 1 aliphatic heterocycles. The van der Waals surface area contributed by atoms with Crippen molar-refractivity contribution in [1.82, 2.24) is 24.2 Å². The molecule has 0 aliphatic carbocycles. The Morgan fingerprint density at radius 2 is 2.21 bits per heavy atom. The van der Waals surface area contributed by atoms with Crippen LogP contribution in [-0.2, 0) is 23.7 Å². The maximum absolute atomic E-state index is 12.8. The zero-order valence-electron chi connectivity index (χ0n) is 14.1. The maximum atomic E-state index is 12.8. The summed E-state index contributed by atoms with van der Waals surface area (Å²) in [4.78, 5) is 31.3. The summed E-state index contributed by atoms with van der Waals surface area (Å²) in [6.45, 7) is 2.47. The third-order valence-corrected chi connectivity index (χ3v) is 4.48. The van der Waals surface area contributed by atoms with Crippen LogP contribution < -0.4 is 5.32 Å². The molecule has 8 nitrogen and oxygen atoms in total. The molecule has 0 radical (unpaired) electrons. The van der Waals surface area contributed by atoms with Gasteiger partial charge in [0, 0.05) is 45.7 Å². The first-order valence-corrected chi connectivity index (χ1v) is 8.07. The van der Waals surface area contributed by atoms with Crippen molar-refractivity contribution in [3.63, 3.8) is 0 Å². The number of piperidine rings is 1. The number of aryl methyl sites for hydroxylation is 2. The van der Waals surface area contributed by atoms with Gasteiger partial charge in [-0.05, 0) is 13.3 Å². The van der Waals surface area contributed by atoms with Crippen molar-refractivity contribution in [3.05, 3.63) is 30.6 Å². The summed E-state index contributed by atoms with van der Waals surface area (Å²) in [5.41, 5.74) is 0.654. The van der Waals surface area contributed by atoms with E-state index in [4.69, 9.17) is 0 Å². The zero-order chi connectivity index (χ0) is 17.3. The molecule has 8 heteroatoms. The van der Waals surface area contributed by atoms with E-state index in [-0.39, 0.29) is 23.8 Å². The first-order chi connectivity index (χ1) is 11.5. The molecule has 2 aromatic rings. The van der Waals surface area contributed by atoms with Crippen molar-refractivity contribution < 1.29 is 9.59 Å². The first-order valence-electron chi connectivity index (χ1n) is 8.07. The molecule has 1 fully saturated rings. The molecule has 0 saturated carbocycles. The number of hydrogen-bond acceptors (Lipinski definition) is 4. The smallest absolute Gasteiger partial charge is 0.230 e. The van der Waals surface area contributed by atoms with Gasteiger partial charge in [0.1, 0.15) is 11.9 Å². The Balaban J connectivity index is 1.90. The second-order valence-corrected chi connectivity index (χ2v) is 6.06. The third-order valence-electron chi connectivity index (χ3n) is 4.48. The topological polar surface area (TPSA) is 85.1 Å². The zero-order valence-corrected chi connectivity index (χ0v) is 14.1. The highest BCUT2D eigenvalue weighted by atomic mass is 16.2. The van der Waals surface area contributed by atoms with Gasteiger partial charge >= 0.3 is 0 Å². The van der Waals surface area contributed by atoms with Crippen LogP contribution in [-0.4, -0.2) is 42.6 Å². The van der Waals surface area contributed by atoms with Gasteiger partial charge in [-0.15, -0.1) is 0 Å². The number of aromatic nitrogens is 4. The number of nitrogens with zero attached hydrogens (tertiary/aromatic N) is 5. The van der Waals surface area contributed by atoms with Crippen molar-refractivity contribution in [1.29, 1.82) is 0 Å². The SMILES string of the molecule is CCN1C(=O)CC[C@H](C(=O)Nc2cnn(C)c2)[C@H]1c1nccn1C. The number of hydrogen-bond donors (Lipinski definition) is 1. The van der Waals surface area contributed by atoms with Crippen LogP contribution in [0.2, 0.25) is 0 Å². The standard InChI is InChI=1S/C16H22N6O2/c1-4-22-13(23)6-5-12(14(22)15-17-7-8-20(15)2)16(24)19-11-9-18-21(3)10-11/h7-10,12,14H,4-6H2,1-3H3,(H,19,24)/t12-,14-/m0/s1. The van der Waals surface area contributed by atoms with Crippen LogP contribution in [0.25, 0.3) is 0 Å². The van der Waals surface area contributed by atoms with Gasteiger partial charge in [-0.3, -0.25) is 14.3 Å². The molecule has 2 aromatic heterocycles. The second kappa shape index (κ2) is 6.46. The Morgan fingerprint density at radius 3 is 2.79 bits per heavy atom. The van der Waals surface area contributed by atoms with E-state index in [0.29, 0.717) is 25.1 Å². The molecule has 2 atom stereocenters. The van der Waals surface area contributed by atoms with Crippen LogP contribution in [0.4, 0.5) is 5.69 Å². The molecule has 0 unspecified atom stereocenters. The van der Waals surface area contributed by atoms with Gasteiger partial charge in [0.25, 0.3) is 0 Å². The maximum Gasteiger partial charge on any atom is 0.230 e. The molecule has 3 heterocycles. The van der Waals surface area contributed by atoms with E-state index in [1.165, 1.54) is 0 Å². The van der Waals surface area contributed by atoms with E-state index in [0.717, 1.165) is 5.82 Å². The minimum absolute atomic E-state index is 0.0657. The average Bonchev–Trinajstić information content (AvgIpc) is 3.15. The Kier molecular flexibility index (Phi) is 4.37. The fourth-order valence-electron chi connectivity index (χ4n) is 3.30. The largest absolute Gasteiger partial charge is 0.336 e. The van der Waals surface area contributed by atoms with Crippen molar-refractivity contribution in [2.75, 3.05) is 11.9 Å². The van der Waals surface area contributed by atoms with E-state index in [1.54, 1.807) is 35.2 Å². The monoisotopic (exact) mass is 330 g/mol. The molecular formula is C16H22N6O2. The summed E-state index contributed by atoms with van der Waals surface area (Å²) in [6.07, 6.45) is 7.77. The molecule has 1 saturated heterocycles. The van der Waals surface area contributed by atoms with Crippen molar-refractivity contribution in [2.24, 2.45) is 20.0 Å². The molecule has 0 aromatic carbocycles. The highest BCUT2D eigenvalue weighted by Gasteiger charge is 2.41. The van der Waals surface area contributed by atoms with Crippen LogP contribution in [0.5, 0.6) is 0 Å². The first kappa shape index (κ1) is 16.2. The lowest BCUT2D eigenvalue weighted by atomic mass is 9.87. The molecule has 128 valence electrons. The second-order valence-electron chi connectivity index (χ2n) is 6.06. The summed E-state index contributed by atoms with van der Waals surface area (Å²) in [6, 6.07) is -0.354. The highest BCUT2D eigenvalue weighted by molar-refractivity contribution is 5.94. The quantitative estimate of drug-likeness (QED) is 0.909. The highest BCUT2D eigenvalue weighted by Crippen LogP contribution is 2.36. The van der Waals surface area contributed by atoms with Crippen molar-refractivity contribution >= 4 is 17.5 Å². The number of rotatable bonds is 4. The van der Waals surface area contributed by atoms with Crippen LogP contribution in [0.3, 0.4) is 0 Å². The molecule has 1 N–H and O–H groups in total. The minimum Gasteiger partial charge on any atom is -0.336 e. The lowest BCUT2D eigenvalue weighted by molar-refractivity contribution is -0.142. The van der Waals surface area contributed by atoms with E-state index in [2.05, 4.69) is 15.4 Å². The average molecular weight is 330 g/mol. The number of imidazole rings is 1. The lowest BCUT2D eigenvalue weighted by Gasteiger charge is -2.39. The van der Waals surface area contributed by atoms with Gasteiger partial charge in [0.2, 0.25) is 11.8 Å². The molecule has 24 heavy (non-hydrogen) atoms. The predicted octanol–water partition coefficient (Wildman–Crippen LogP) is 1.09. The number of amides is 2. The van der Waals surface area contributed by atoms with Crippen molar-refractivity contribution in [2.45, 2.75) is 25.8 Å². The fourth-order valence-corrected chi connectivity index (χ4v) is 3.30. The minimum atomic E-state index is -0.354. The van der Waals surface area contributed by atoms with Gasteiger partial charge in [-0.1, -0.05) is 0 Å². The summed E-state index contributed by atoms with van der Waals surface area (Å²) in [7, 11) is 3.68. The third kappa shape index (κ3) is 2.91. The molecule has 0 bridgehead atoms. The van der Waals surface area contributed by atoms with E-state index in [9.17, 15) is 9.59 Å². The normalized spacial score (nSPS) is 21.1. The van der Waals surface area contributed by atoms with Crippen LogP contribution in [0, 0.1) is 5.92 Å². The van der Waals surface area contributed by atoms with Gasteiger partial charge < -0.3 is 14.8 Å². The van der Waals surface area contributed by atoms with Crippen LogP contribution >= 0.6 is 0 Å². The molecule has 0 spiro atoms. The lowest BCUT2D eigenvalue weighted by Crippen LogP contribution is -2.47. The molecule has 3 rings (SSSR count). The summed E-state index contributed by atoms with van der Waals surface area (Å²) in [5, 5.41) is 6.97. The van der Waals surface area contributed by atoms with Crippen LogP contribution in [0.1, 0.15) is 31.6 Å². The number of carbonyl (C=O) groups is 2. The van der Waals surface area contributed by atoms with Gasteiger partial charge in [-0.25, -0.2) is 4.98 Å². The Hall–Kier alpha value is -2.64. The number of anilines is 1. The number of likely N-dealkylation sites (tertiary alicyclic amines) is 1. The summed E-state index contributed by atoms with van der Waals surface area (Å²) < 4.78 is 3.50. The van der Waals surface area contributed by atoms with Gasteiger partial charge in [0.15, 0.2) is 0 Å². The van der Waals surface area contributed by atoms with Gasteiger partial charge in [0.05, 0.1) is 17.8 Å². The molecule has 2 amide bonds. The number of nitrogens with one attached hydrogen (secondary N) is 1. The van der Waals surface area contributed by atoms with E-state index < -0.39 is 0 Å².